The second-order valence-corrected chi connectivity index (χ2v) is 5.55. The van der Waals surface area contributed by atoms with E-state index in [1.54, 1.807) is 10.6 Å². The smallest absolute Gasteiger partial charge is 0.356 e. The van der Waals surface area contributed by atoms with E-state index in [-0.39, 0.29) is 17.4 Å². The summed E-state index contributed by atoms with van der Waals surface area (Å²) in [6.45, 7) is 0. The Morgan fingerprint density at radius 2 is 2.29 bits per heavy atom. The molecule has 1 aliphatic rings. The monoisotopic (exact) mass is 307 g/mol. The molecular formula is C12H13N5O3S. The predicted octanol–water partition coefficient (Wildman–Crippen LogP) is 0.821. The highest BCUT2D eigenvalue weighted by Gasteiger charge is 2.29. The number of carbonyl (C=O) groups excluding carboxylic acids is 1. The number of methoxy groups -OCH3 is 1. The summed E-state index contributed by atoms with van der Waals surface area (Å²) in [6, 6.07) is 3.25. The fourth-order valence-electron chi connectivity index (χ4n) is 1.85. The lowest BCUT2D eigenvalue weighted by Crippen LogP contribution is -2.16. The van der Waals surface area contributed by atoms with Crippen molar-refractivity contribution in [3.63, 3.8) is 0 Å². The van der Waals surface area contributed by atoms with Crippen LogP contribution < -0.4 is 11.4 Å². The Hall–Kier alpha value is -2.29. The van der Waals surface area contributed by atoms with Crippen molar-refractivity contribution in [1.82, 2.24) is 19.7 Å². The number of esters is 1. The Morgan fingerprint density at radius 1 is 1.52 bits per heavy atom. The number of pyridine rings is 1. The molecule has 0 saturated heterocycles. The van der Waals surface area contributed by atoms with Gasteiger partial charge in [0.1, 0.15) is 10.7 Å². The van der Waals surface area contributed by atoms with Crippen molar-refractivity contribution in [3.05, 3.63) is 28.3 Å². The molecule has 2 aromatic heterocycles. The summed E-state index contributed by atoms with van der Waals surface area (Å²) in [5.74, 6) is -0.543. The van der Waals surface area contributed by atoms with E-state index in [1.807, 2.05) is 0 Å². The fourth-order valence-corrected chi connectivity index (χ4v) is 2.78. The molecule has 9 heteroatoms. The number of carbonyl (C=O) groups is 1. The van der Waals surface area contributed by atoms with E-state index < -0.39 is 5.97 Å². The number of ether oxygens (including phenoxy) is 1. The van der Waals surface area contributed by atoms with Crippen LogP contribution in [0.3, 0.4) is 0 Å². The van der Waals surface area contributed by atoms with E-state index in [1.165, 1.54) is 13.2 Å². The van der Waals surface area contributed by atoms with E-state index in [4.69, 9.17) is 5.73 Å². The molecular weight excluding hydrogens is 294 g/mol. The van der Waals surface area contributed by atoms with Gasteiger partial charge in [0.15, 0.2) is 5.16 Å². The average Bonchev–Trinajstić information content (AvgIpc) is 3.25. The molecule has 0 bridgehead atoms. The van der Waals surface area contributed by atoms with E-state index in [0.29, 0.717) is 15.9 Å². The van der Waals surface area contributed by atoms with Gasteiger partial charge in [-0.05, 0) is 36.7 Å². The summed E-state index contributed by atoms with van der Waals surface area (Å²) in [6.07, 6.45) is 1.91. The SMILES string of the molecule is COC(=O)c1ccc(N)c(Sc2n[nH]c(=O)n2C2CC2)n1. The number of anilines is 1. The predicted molar refractivity (Wildman–Crippen MR) is 75.2 cm³/mol. The Bertz CT molecular complexity index is 750. The van der Waals surface area contributed by atoms with Crippen LogP contribution in [-0.2, 0) is 4.74 Å². The number of rotatable bonds is 4. The molecule has 0 spiro atoms. The summed E-state index contributed by atoms with van der Waals surface area (Å²) in [4.78, 5) is 27.4. The van der Waals surface area contributed by atoms with Crippen molar-refractivity contribution in [2.24, 2.45) is 0 Å². The largest absolute Gasteiger partial charge is 0.464 e. The molecule has 1 saturated carbocycles. The third-order valence-electron chi connectivity index (χ3n) is 3.06. The average molecular weight is 307 g/mol. The van der Waals surface area contributed by atoms with Crippen molar-refractivity contribution in [3.8, 4) is 0 Å². The van der Waals surface area contributed by atoms with Crippen molar-refractivity contribution >= 4 is 23.4 Å². The van der Waals surface area contributed by atoms with Crippen LogP contribution in [0.5, 0.6) is 0 Å². The molecule has 0 aliphatic heterocycles. The molecule has 0 amide bonds. The van der Waals surface area contributed by atoms with Crippen LogP contribution in [-0.4, -0.2) is 32.8 Å². The second kappa shape index (κ2) is 5.24. The minimum Gasteiger partial charge on any atom is -0.464 e. The van der Waals surface area contributed by atoms with Crippen molar-refractivity contribution in [2.75, 3.05) is 12.8 Å². The van der Waals surface area contributed by atoms with E-state index in [2.05, 4.69) is 19.9 Å². The third-order valence-corrected chi connectivity index (χ3v) is 4.05. The minimum atomic E-state index is -0.543. The molecule has 0 atom stereocenters. The van der Waals surface area contributed by atoms with Crippen LogP contribution in [0.2, 0.25) is 0 Å². The normalized spacial score (nSPS) is 14.1. The summed E-state index contributed by atoms with van der Waals surface area (Å²) in [5, 5.41) is 7.31. The molecule has 3 rings (SSSR count). The van der Waals surface area contributed by atoms with Crippen LogP contribution >= 0.6 is 11.8 Å². The Labute approximate surface area is 123 Å². The maximum Gasteiger partial charge on any atom is 0.356 e. The third kappa shape index (κ3) is 2.64. The molecule has 2 aromatic rings. The Morgan fingerprint density at radius 3 is 2.95 bits per heavy atom. The molecule has 0 aromatic carbocycles. The van der Waals surface area contributed by atoms with Gasteiger partial charge in [0.05, 0.1) is 12.8 Å². The van der Waals surface area contributed by atoms with Gasteiger partial charge in [-0.1, -0.05) is 0 Å². The molecule has 1 fully saturated rings. The first-order chi connectivity index (χ1) is 10.1. The van der Waals surface area contributed by atoms with Gasteiger partial charge in [0, 0.05) is 6.04 Å². The summed E-state index contributed by atoms with van der Waals surface area (Å²) >= 11 is 1.15. The first-order valence-electron chi connectivity index (χ1n) is 6.29. The number of nitrogens with one attached hydrogen (secondary N) is 1. The van der Waals surface area contributed by atoms with Gasteiger partial charge in [-0.2, -0.15) is 0 Å². The molecule has 21 heavy (non-hydrogen) atoms. The van der Waals surface area contributed by atoms with Crippen LogP contribution in [0.15, 0.2) is 27.1 Å². The highest BCUT2D eigenvalue weighted by atomic mass is 32.2. The minimum absolute atomic E-state index is 0.157. The second-order valence-electron chi connectivity index (χ2n) is 4.60. The lowest BCUT2D eigenvalue weighted by atomic mass is 10.3. The topological polar surface area (TPSA) is 116 Å². The van der Waals surface area contributed by atoms with E-state index >= 15 is 0 Å². The number of hydrogen-bond acceptors (Lipinski definition) is 7. The van der Waals surface area contributed by atoms with Crippen LogP contribution in [0.4, 0.5) is 5.69 Å². The van der Waals surface area contributed by atoms with Gasteiger partial charge in [-0.3, -0.25) is 4.57 Å². The number of aromatic amines is 1. The van der Waals surface area contributed by atoms with Crippen molar-refractivity contribution in [1.29, 1.82) is 0 Å². The zero-order chi connectivity index (χ0) is 15.0. The number of nitrogen functional groups attached to an aromatic ring is 1. The van der Waals surface area contributed by atoms with Gasteiger partial charge in [-0.15, -0.1) is 5.10 Å². The van der Waals surface area contributed by atoms with Crippen molar-refractivity contribution < 1.29 is 9.53 Å². The lowest BCUT2D eigenvalue weighted by Gasteiger charge is -2.06. The van der Waals surface area contributed by atoms with Gasteiger partial charge in [0.25, 0.3) is 0 Å². The number of aromatic nitrogens is 4. The van der Waals surface area contributed by atoms with Gasteiger partial charge in [0.2, 0.25) is 0 Å². The lowest BCUT2D eigenvalue weighted by molar-refractivity contribution is 0.0593. The first-order valence-corrected chi connectivity index (χ1v) is 7.11. The zero-order valence-corrected chi connectivity index (χ0v) is 12.0. The number of H-pyrrole nitrogens is 1. The van der Waals surface area contributed by atoms with Gasteiger partial charge < -0.3 is 10.5 Å². The molecule has 1 aliphatic carbocycles. The Balaban J connectivity index is 1.94. The number of nitrogens with zero attached hydrogens (tertiary/aromatic N) is 3. The zero-order valence-electron chi connectivity index (χ0n) is 11.2. The standard InChI is InChI=1S/C12H13N5O3S/c1-20-10(18)8-5-4-7(13)9(14-8)21-12-16-15-11(19)17(12)6-2-3-6/h4-6H,2-3,13H2,1H3,(H,15,19). The van der Waals surface area contributed by atoms with Gasteiger partial charge >= 0.3 is 11.7 Å². The molecule has 110 valence electrons. The quantitative estimate of drug-likeness (QED) is 0.803. The van der Waals surface area contributed by atoms with Crippen LogP contribution in [0, 0.1) is 0 Å². The number of hydrogen-bond donors (Lipinski definition) is 2. The summed E-state index contributed by atoms with van der Waals surface area (Å²) < 4.78 is 6.22. The molecule has 0 radical (unpaired) electrons. The first kappa shape index (κ1) is 13.7. The molecule has 2 heterocycles. The fraction of sp³-hybridized carbons (Fsp3) is 0.333. The highest BCUT2D eigenvalue weighted by Crippen LogP contribution is 2.38. The highest BCUT2D eigenvalue weighted by molar-refractivity contribution is 7.99. The van der Waals surface area contributed by atoms with E-state index in [9.17, 15) is 9.59 Å². The summed E-state index contributed by atoms with van der Waals surface area (Å²) in [5.41, 5.74) is 6.18. The summed E-state index contributed by atoms with van der Waals surface area (Å²) in [7, 11) is 1.28. The van der Waals surface area contributed by atoms with Gasteiger partial charge in [-0.25, -0.2) is 19.7 Å². The molecule has 0 unspecified atom stereocenters. The van der Waals surface area contributed by atoms with Crippen LogP contribution in [0.1, 0.15) is 29.4 Å². The maximum absolute atomic E-state index is 11.7. The Kier molecular flexibility index (Phi) is 3.42. The van der Waals surface area contributed by atoms with Crippen LogP contribution in [0.25, 0.3) is 0 Å². The molecule has 8 nitrogen and oxygen atoms in total. The molecule has 3 N–H and O–H groups in total. The van der Waals surface area contributed by atoms with Crippen molar-refractivity contribution in [2.45, 2.75) is 29.1 Å². The van der Waals surface area contributed by atoms with E-state index in [0.717, 1.165) is 24.6 Å². The maximum atomic E-state index is 11.7. The number of nitrogens with two attached hydrogens (primary N) is 1.